The minimum atomic E-state index is -0.351. The second-order valence-electron chi connectivity index (χ2n) is 5.42. The van der Waals surface area contributed by atoms with Crippen LogP contribution in [0.4, 0.5) is 0 Å². The van der Waals surface area contributed by atoms with E-state index in [0.717, 1.165) is 38.3 Å². The first-order valence-corrected chi connectivity index (χ1v) is 6.99. The molecule has 1 aliphatic heterocycles. The van der Waals surface area contributed by atoms with Gasteiger partial charge in [-0.05, 0) is 39.1 Å². The molecule has 6 nitrogen and oxygen atoms in total. The summed E-state index contributed by atoms with van der Waals surface area (Å²) in [4.78, 5) is 20.6. The largest absolute Gasteiger partial charge is 0.305 e. The summed E-state index contributed by atoms with van der Waals surface area (Å²) in [6.07, 6.45) is 1.16. The molecule has 0 radical (unpaired) electrons. The zero-order chi connectivity index (χ0) is 14.5. The number of nitrogens with two attached hydrogens (primary N) is 1. The fourth-order valence-electron chi connectivity index (χ4n) is 2.63. The first-order valence-electron chi connectivity index (χ1n) is 6.99. The molecule has 0 saturated carbocycles. The van der Waals surface area contributed by atoms with E-state index in [-0.39, 0.29) is 5.91 Å². The Bertz CT molecular complexity index is 465. The van der Waals surface area contributed by atoms with Crippen molar-refractivity contribution in [2.75, 3.05) is 26.7 Å². The molecule has 6 heteroatoms. The molecule has 0 aromatic carbocycles. The summed E-state index contributed by atoms with van der Waals surface area (Å²) in [6, 6.07) is 5.96. The molecule has 0 spiro atoms. The average Bonchev–Trinajstić information content (AvgIpc) is 2.60. The zero-order valence-electron chi connectivity index (χ0n) is 12.2. The van der Waals surface area contributed by atoms with E-state index in [0.29, 0.717) is 11.7 Å². The summed E-state index contributed by atoms with van der Waals surface area (Å²) in [5.41, 5.74) is 3.39. The fourth-order valence-corrected chi connectivity index (χ4v) is 2.63. The monoisotopic (exact) mass is 277 g/mol. The number of nitrogen functional groups attached to an aromatic ring is 1. The van der Waals surface area contributed by atoms with Gasteiger partial charge in [-0.15, -0.1) is 0 Å². The van der Waals surface area contributed by atoms with Crippen LogP contribution in [-0.2, 0) is 6.54 Å². The number of carbonyl (C=O) groups excluding carboxylic acids is 1. The molecule has 1 unspecified atom stereocenters. The normalized spacial score (nSPS) is 21.4. The van der Waals surface area contributed by atoms with Crippen LogP contribution in [0.2, 0.25) is 0 Å². The molecule has 0 bridgehead atoms. The molecule has 1 fully saturated rings. The molecule has 1 aliphatic rings. The van der Waals surface area contributed by atoms with E-state index in [2.05, 4.69) is 34.2 Å². The molecule has 0 aliphatic carbocycles. The summed E-state index contributed by atoms with van der Waals surface area (Å²) in [7, 11) is 2.16. The number of carbonyl (C=O) groups is 1. The van der Waals surface area contributed by atoms with Gasteiger partial charge < -0.3 is 4.90 Å². The van der Waals surface area contributed by atoms with Crippen LogP contribution < -0.4 is 11.3 Å². The van der Waals surface area contributed by atoms with Gasteiger partial charge in [-0.25, -0.2) is 10.8 Å². The van der Waals surface area contributed by atoms with Crippen LogP contribution in [-0.4, -0.2) is 53.4 Å². The highest BCUT2D eigenvalue weighted by atomic mass is 16.2. The maximum Gasteiger partial charge on any atom is 0.283 e. The third-order valence-electron chi connectivity index (χ3n) is 3.72. The van der Waals surface area contributed by atoms with Crippen molar-refractivity contribution in [1.29, 1.82) is 0 Å². The number of likely N-dealkylation sites (N-methyl/N-ethyl adjacent to an activating group) is 1. The van der Waals surface area contributed by atoms with Gasteiger partial charge in [0.1, 0.15) is 5.69 Å². The van der Waals surface area contributed by atoms with E-state index >= 15 is 0 Å². The number of hydrogen-bond donors (Lipinski definition) is 2. The molecular formula is C14H23N5O. The van der Waals surface area contributed by atoms with Gasteiger partial charge in [0.05, 0.1) is 5.69 Å². The van der Waals surface area contributed by atoms with E-state index < -0.39 is 0 Å². The minimum absolute atomic E-state index is 0.351. The molecule has 1 aromatic rings. The second-order valence-corrected chi connectivity index (χ2v) is 5.42. The Balaban J connectivity index is 2.07. The number of amides is 1. The first kappa shape index (κ1) is 14.9. The van der Waals surface area contributed by atoms with Crippen LogP contribution in [0, 0.1) is 0 Å². The summed E-state index contributed by atoms with van der Waals surface area (Å²) in [5.74, 6) is 4.79. The van der Waals surface area contributed by atoms with Gasteiger partial charge in [-0.3, -0.25) is 15.1 Å². The van der Waals surface area contributed by atoms with Gasteiger partial charge in [0.2, 0.25) is 0 Å². The van der Waals surface area contributed by atoms with Gasteiger partial charge in [0, 0.05) is 25.7 Å². The second kappa shape index (κ2) is 6.78. The Hall–Kier alpha value is -1.50. The molecule has 1 aromatic heterocycles. The van der Waals surface area contributed by atoms with Crippen molar-refractivity contribution in [2.24, 2.45) is 5.84 Å². The summed E-state index contributed by atoms with van der Waals surface area (Å²) in [5, 5.41) is 0. The van der Waals surface area contributed by atoms with E-state index in [1.165, 1.54) is 0 Å². The van der Waals surface area contributed by atoms with Gasteiger partial charge in [-0.2, -0.15) is 0 Å². The third-order valence-corrected chi connectivity index (χ3v) is 3.72. The van der Waals surface area contributed by atoms with Crippen molar-refractivity contribution in [3.05, 3.63) is 29.6 Å². The van der Waals surface area contributed by atoms with Crippen LogP contribution in [0.3, 0.4) is 0 Å². The van der Waals surface area contributed by atoms with Crippen LogP contribution in [0.5, 0.6) is 0 Å². The van der Waals surface area contributed by atoms with Crippen molar-refractivity contribution in [3.63, 3.8) is 0 Å². The van der Waals surface area contributed by atoms with Crippen LogP contribution in [0.15, 0.2) is 18.2 Å². The zero-order valence-corrected chi connectivity index (χ0v) is 12.2. The van der Waals surface area contributed by atoms with E-state index in [4.69, 9.17) is 5.84 Å². The first-order chi connectivity index (χ1) is 9.60. The molecular weight excluding hydrogens is 254 g/mol. The molecule has 110 valence electrons. The number of hydrazine groups is 1. The Morgan fingerprint density at radius 3 is 3.05 bits per heavy atom. The SMILES string of the molecule is CC1CN(C)CCCN1Cc1cccc(C(=O)NN)n1. The van der Waals surface area contributed by atoms with Gasteiger partial charge in [0.25, 0.3) is 5.91 Å². The van der Waals surface area contributed by atoms with Gasteiger partial charge >= 0.3 is 0 Å². The predicted octanol–water partition coefficient (Wildman–Crippen LogP) is 0.211. The highest BCUT2D eigenvalue weighted by Gasteiger charge is 2.20. The number of aromatic nitrogens is 1. The number of nitrogens with one attached hydrogen (secondary N) is 1. The standard InChI is InChI=1S/C14H23N5O/c1-11-9-18(2)7-4-8-19(11)10-12-5-3-6-13(16-12)14(20)17-15/h3,5-6,11H,4,7-10,15H2,1-2H3,(H,17,20). The number of hydrogen-bond acceptors (Lipinski definition) is 5. The number of pyridine rings is 1. The van der Waals surface area contributed by atoms with Crippen LogP contribution in [0.1, 0.15) is 29.5 Å². The maximum atomic E-state index is 11.5. The molecule has 20 heavy (non-hydrogen) atoms. The van der Waals surface area contributed by atoms with Crippen molar-refractivity contribution in [3.8, 4) is 0 Å². The fraction of sp³-hybridized carbons (Fsp3) is 0.571. The number of nitrogens with zero attached hydrogens (tertiary/aromatic N) is 3. The topological polar surface area (TPSA) is 74.5 Å². The Kier molecular flexibility index (Phi) is 5.05. The van der Waals surface area contributed by atoms with E-state index in [1.807, 2.05) is 12.1 Å². The Morgan fingerprint density at radius 2 is 2.30 bits per heavy atom. The van der Waals surface area contributed by atoms with E-state index in [1.54, 1.807) is 6.07 Å². The Labute approximate surface area is 119 Å². The maximum absolute atomic E-state index is 11.5. The number of rotatable bonds is 3. The quantitative estimate of drug-likeness (QED) is 0.469. The van der Waals surface area contributed by atoms with Gasteiger partial charge in [0.15, 0.2) is 0 Å². The molecule has 1 saturated heterocycles. The summed E-state index contributed by atoms with van der Waals surface area (Å²) >= 11 is 0. The van der Waals surface area contributed by atoms with Crippen molar-refractivity contribution < 1.29 is 4.79 Å². The highest BCUT2D eigenvalue weighted by Crippen LogP contribution is 2.12. The van der Waals surface area contributed by atoms with Crippen molar-refractivity contribution in [1.82, 2.24) is 20.2 Å². The Morgan fingerprint density at radius 1 is 1.50 bits per heavy atom. The van der Waals surface area contributed by atoms with E-state index in [9.17, 15) is 4.79 Å². The predicted molar refractivity (Wildman–Crippen MR) is 77.9 cm³/mol. The average molecular weight is 277 g/mol. The molecule has 3 N–H and O–H groups in total. The minimum Gasteiger partial charge on any atom is -0.305 e. The lowest BCUT2D eigenvalue weighted by Crippen LogP contribution is -2.37. The molecule has 1 amide bonds. The lowest BCUT2D eigenvalue weighted by atomic mass is 10.2. The molecule has 1 atom stereocenters. The third kappa shape index (κ3) is 3.75. The summed E-state index contributed by atoms with van der Waals surface area (Å²) < 4.78 is 0. The molecule has 2 rings (SSSR count). The van der Waals surface area contributed by atoms with Crippen LogP contribution in [0.25, 0.3) is 0 Å². The van der Waals surface area contributed by atoms with Crippen molar-refractivity contribution in [2.45, 2.75) is 25.9 Å². The lowest BCUT2D eigenvalue weighted by Gasteiger charge is -2.27. The van der Waals surface area contributed by atoms with Gasteiger partial charge in [-0.1, -0.05) is 6.07 Å². The molecule has 2 heterocycles. The summed E-state index contributed by atoms with van der Waals surface area (Å²) in [6.45, 7) is 6.24. The van der Waals surface area contributed by atoms with Crippen LogP contribution >= 0.6 is 0 Å². The smallest absolute Gasteiger partial charge is 0.283 e. The van der Waals surface area contributed by atoms with Crippen molar-refractivity contribution >= 4 is 5.91 Å². The lowest BCUT2D eigenvalue weighted by molar-refractivity contribution is 0.0948. The highest BCUT2D eigenvalue weighted by molar-refractivity contribution is 5.91.